The second kappa shape index (κ2) is 4.30. The van der Waals surface area contributed by atoms with Gasteiger partial charge in [-0.05, 0) is 13.2 Å². The van der Waals surface area contributed by atoms with Crippen molar-refractivity contribution in [3.05, 3.63) is 0 Å². The van der Waals surface area contributed by atoms with Crippen molar-refractivity contribution >= 4 is 11.8 Å². The zero-order valence-corrected chi connectivity index (χ0v) is 7.73. The van der Waals surface area contributed by atoms with Crippen molar-refractivity contribution in [2.24, 2.45) is 0 Å². The lowest BCUT2D eigenvalue weighted by Crippen LogP contribution is -2.42. The summed E-state index contributed by atoms with van der Waals surface area (Å²) in [6, 6.07) is 0.123. The maximum absolute atomic E-state index is 9.34. The van der Waals surface area contributed by atoms with Crippen molar-refractivity contribution in [2.45, 2.75) is 24.4 Å². The van der Waals surface area contributed by atoms with Crippen LogP contribution >= 0.6 is 11.8 Å². The average Bonchev–Trinajstić information content (AvgIpc) is 2.37. The van der Waals surface area contributed by atoms with Crippen LogP contribution in [0, 0.1) is 0 Å². The minimum absolute atomic E-state index is 0.123. The van der Waals surface area contributed by atoms with Gasteiger partial charge in [0.25, 0.3) is 0 Å². The fraction of sp³-hybridized carbons (Fsp3) is 1.00. The molecule has 0 aromatic heterocycles. The Balaban J connectivity index is 2.24. The lowest BCUT2D eigenvalue weighted by atomic mass is 10.2. The number of aliphatic hydroxyl groups is 1. The molecule has 0 aromatic carbocycles. The summed E-state index contributed by atoms with van der Waals surface area (Å²) in [6.45, 7) is 3.18. The molecule has 0 amide bonds. The summed E-state index contributed by atoms with van der Waals surface area (Å²) >= 11 is 1.74. The van der Waals surface area contributed by atoms with Crippen LogP contribution in [-0.4, -0.2) is 42.1 Å². The highest BCUT2D eigenvalue weighted by atomic mass is 32.2. The van der Waals surface area contributed by atoms with E-state index in [0.29, 0.717) is 18.6 Å². The van der Waals surface area contributed by atoms with Crippen LogP contribution in [0.4, 0.5) is 0 Å². The molecule has 3 nitrogen and oxygen atoms in total. The molecular formula is C7H15NO2S. The molecule has 1 fully saturated rings. The van der Waals surface area contributed by atoms with Gasteiger partial charge in [-0.25, -0.2) is 0 Å². The molecule has 66 valence electrons. The van der Waals surface area contributed by atoms with Crippen LogP contribution in [-0.2, 0) is 4.74 Å². The van der Waals surface area contributed by atoms with Crippen LogP contribution in [0.15, 0.2) is 0 Å². The molecule has 2 N–H and O–H groups in total. The van der Waals surface area contributed by atoms with Crippen LogP contribution < -0.4 is 5.32 Å². The fourth-order valence-electron chi connectivity index (χ4n) is 1.07. The summed E-state index contributed by atoms with van der Waals surface area (Å²) in [4.78, 5) is 0. The van der Waals surface area contributed by atoms with E-state index in [2.05, 4.69) is 12.2 Å². The van der Waals surface area contributed by atoms with Gasteiger partial charge in [-0.3, -0.25) is 5.32 Å². The standard InChI is InChI=1S/C7H15NO2S/c1-5(11-2)8-6-3-10-4-7(6)9/h5-9H,3-4H2,1-2H3. The summed E-state index contributed by atoms with van der Waals surface area (Å²) in [5, 5.41) is 13.0. The van der Waals surface area contributed by atoms with E-state index in [-0.39, 0.29) is 12.1 Å². The molecule has 0 aliphatic carbocycles. The molecule has 1 heterocycles. The molecule has 0 spiro atoms. The predicted molar refractivity (Wildman–Crippen MR) is 46.7 cm³/mol. The predicted octanol–water partition coefficient (Wildman–Crippen LogP) is 0.0447. The number of thioether (sulfide) groups is 1. The maximum atomic E-state index is 9.34. The second-order valence-corrected chi connectivity index (χ2v) is 3.93. The highest BCUT2D eigenvalue weighted by Gasteiger charge is 2.26. The van der Waals surface area contributed by atoms with Crippen molar-refractivity contribution in [1.82, 2.24) is 5.32 Å². The van der Waals surface area contributed by atoms with E-state index in [1.54, 1.807) is 11.8 Å². The molecule has 1 rings (SSSR count). The summed E-state index contributed by atoms with van der Waals surface area (Å²) in [6.07, 6.45) is 1.71. The Morgan fingerprint density at radius 1 is 1.64 bits per heavy atom. The molecule has 3 unspecified atom stereocenters. The van der Waals surface area contributed by atoms with Gasteiger partial charge in [-0.1, -0.05) is 0 Å². The van der Waals surface area contributed by atoms with Crippen molar-refractivity contribution < 1.29 is 9.84 Å². The van der Waals surface area contributed by atoms with E-state index < -0.39 is 0 Å². The first-order chi connectivity index (χ1) is 5.24. The van der Waals surface area contributed by atoms with Gasteiger partial charge in [0.2, 0.25) is 0 Å². The van der Waals surface area contributed by atoms with Crippen LogP contribution in [0.25, 0.3) is 0 Å². The Hall–Kier alpha value is 0.230. The van der Waals surface area contributed by atoms with E-state index in [4.69, 9.17) is 4.74 Å². The quantitative estimate of drug-likeness (QED) is 0.597. The van der Waals surface area contributed by atoms with Crippen molar-refractivity contribution in [3.8, 4) is 0 Å². The van der Waals surface area contributed by atoms with E-state index in [9.17, 15) is 5.11 Å². The molecule has 1 saturated heterocycles. The lowest BCUT2D eigenvalue weighted by Gasteiger charge is -2.18. The number of hydrogen-bond donors (Lipinski definition) is 2. The number of aliphatic hydroxyl groups excluding tert-OH is 1. The van der Waals surface area contributed by atoms with E-state index in [1.165, 1.54) is 0 Å². The highest BCUT2D eigenvalue weighted by molar-refractivity contribution is 7.99. The molecule has 3 atom stereocenters. The van der Waals surface area contributed by atoms with E-state index in [0.717, 1.165) is 0 Å². The Morgan fingerprint density at radius 3 is 2.82 bits per heavy atom. The molecule has 1 aliphatic heterocycles. The van der Waals surface area contributed by atoms with Gasteiger partial charge in [-0.2, -0.15) is 0 Å². The monoisotopic (exact) mass is 177 g/mol. The first-order valence-corrected chi connectivity index (χ1v) is 5.07. The highest BCUT2D eigenvalue weighted by Crippen LogP contribution is 2.09. The van der Waals surface area contributed by atoms with Gasteiger partial charge in [0.05, 0.1) is 30.7 Å². The van der Waals surface area contributed by atoms with Crippen molar-refractivity contribution in [3.63, 3.8) is 0 Å². The largest absolute Gasteiger partial charge is 0.389 e. The number of hydrogen-bond acceptors (Lipinski definition) is 4. The third-order valence-electron chi connectivity index (χ3n) is 1.85. The van der Waals surface area contributed by atoms with Gasteiger partial charge in [0.15, 0.2) is 0 Å². The summed E-state index contributed by atoms with van der Waals surface area (Å²) < 4.78 is 5.09. The summed E-state index contributed by atoms with van der Waals surface area (Å²) in [5.41, 5.74) is 0. The van der Waals surface area contributed by atoms with Gasteiger partial charge in [0.1, 0.15) is 0 Å². The zero-order chi connectivity index (χ0) is 8.27. The second-order valence-electron chi connectivity index (χ2n) is 2.76. The Bertz CT molecular complexity index is 123. The minimum Gasteiger partial charge on any atom is -0.389 e. The third kappa shape index (κ3) is 2.63. The normalized spacial score (nSPS) is 34.1. The SMILES string of the molecule is CSC(C)NC1COCC1O. The van der Waals surface area contributed by atoms with Crippen LogP contribution in [0.5, 0.6) is 0 Å². The smallest absolute Gasteiger partial charge is 0.0949 e. The third-order valence-corrected chi connectivity index (χ3v) is 2.70. The van der Waals surface area contributed by atoms with E-state index in [1.807, 2.05) is 6.26 Å². The maximum Gasteiger partial charge on any atom is 0.0949 e. The molecule has 4 heteroatoms. The fourth-order valence-corrected chi connectivity index (χ4v) is 1.38. The van der Waals surface area contributed by atoms with Crippen LogP contribution in [0.3, 0.4) is 0 Å². The average molecular weight is 177 g/mol. The number of rotatable bonds is 3. The first kappa shape index (κ1) is 9.32. The topological polar surface area (TPSA) is 41.5 Å². The molecule has 0 saturated carbocycles. The van der Waals surface area contributed by atoms with Crippen LogP contribution in [0.2, 0.25) is 0 Å². The Kier molecular flexibility index (Phi) is 3.65. The number of nitrogens with one attached hydrogen (secondary N) is 1. The molecule has 11 heavy (non-hydrogen) atoms. The van der Waals surface area contributed by atoms with Gasteiger partial charge < -0.3 is 9.84 Å². The van der Waals surface area contributed by atoms with Crippen molar-refractivity contribution in [1.29, 1.82) is 0 Å². The summed E-state index contributed by atoms with van der Waals surface area (Å²) in [5.74, 6) is 0. The molecule has 0 aromatic rings. The van der Waals surface area contributed by atoms with Gasteiger partial charge >= 0.3 is 0 Å². The molecule has 1 aliphatic rings. The van der Waals surface area contributed by atoms with E-state index >= 15 is 0 Å². The zero-order valence-electron chi connectivity index (χ0n) is 6.91. The van der Waals surface area contributed by atoms with Crippen LogP contribution in [0.1, 0.15) is 6.92 Å². The van der Waals surface area contributed by atoms with Crippen molar-refractivity contribution in [2.75, 3.05) is 19.5 Å². The first-order valence-electron chi connectivity index (χ1n) is 3.78. The molecule has 0 radical (unpaired) electrons. The Morgan fingerprint density at radius 2 is 2.36 bits per heavy atom. The molecular weight excluding hydrogens is 162 g/mol. The lowest BCUT2D eigenvalue weighted by molar-refractivity contribution is 0.122. The van der Waals surface area contributed by atoms with Gasteiger partial charge in [0, 0.05) is 0 Å². The van der Waals surface area contributed by atoms with Gasteiger partial charge in [-0.15, -0.1) is 11.8 Å². The molecule has 0 bridgehead atoms. The minimum atomic E-state index is -0.329. The summed E-state index contributed by atoms with van der Waals surface area (Å²) in [7, 11) is 0. The number of ether oxygens (including phenoxy) is 1. The Labute approximate surface area is 71.5 Å².